The summed E-state index contributed by atoms with van der Waals surface area (Å²) in [6, 6.07) is 39.9. The fourth-order valence-corrected chi connectivity index (χ4v) is 19.8. The van der Waals surface area contributed by atoms with E-state index in [4.69, 9.17) is 19.7 Å². The number of carbonyl (C=O) groups is 5. The zero-order chi connectivity index (χ0) is 98.8. The van der Waals surface area contributed by atoms with E-state index in [1.54, 1.807) is 90.0 Å². The molecule has 7 saturated carbocycles. The largest absolute Gasteiger partial charge is 0.390 e. The summed E-state index contributed by atoms with van der Waals surface area (Å²) in [5.74, 6) is 2.48. The van der Waals surface area contributed by atoms with Crippen LogP contribution in [0.1, 0.15) is 362 Å². The van der Waals surface area contributed by atoms with Crippen molar-refractivity contribution in [2.24, 2.45) is 22.7 Å². The van der Waals surface area contributed by atoms with Gasteiger partial charge in [-0.1, -0.05) is 94.8 Å². The van der Waals surface area contributed by atoms with Crippen LogP contribution >= 0.6 is 0 Å². The Labute approximate surface area is 805 Å². The standard InChI is InChI=1S/C24H29N3O3.C23H33N3O3.C22H29N3O2.C21H31N3O2.C19H27N3O3/c1-23(2,29)17-12-13-19-20(14-17)27(18-10-7-11-18)22(25-19)26-21(28)15-24(3,30)16-8-5-4-6-9-16;1-22(2)12-6-9-17(29-22)14-20(27)25-21-24-18-11-10-15(23(3,4)28)13-19(18)26(21)16-7-5-8-16;1-21(2,27)15-7-8-17-18(11-15)25(16-5-3-6-16)20(23-17)24-19(26)14-12-22(13-14)9-4-10-22;1-13(20(2,3)4)18(25)23-19-22-16-11-10-14(21(5,6)26)12-17(16)24(19)15-8-7-9-15;1-18(2,24)11-16(23)21-17-20-14-9-8-12(19(3,4)25)10-15(14)22(17)13-6-5-7-13/h4-6,8-9,12-14,18,29-30H,7,10-11,15H2,1-3H3,(H,25,26,28);10-11,13,16-17,28H,5-9,12,14H2,1-4H3,(H,24,25,27);7-8,11,14,16,27H,3-6,9-10,12-13H2,1-2H3,(H,23,24,26);10-13,15,26H,7-9H2,1-6H3,(H,22,23,25);8-10,13,24-25H,5-7,11H2,1-4H3,(H,20,21,23)/t24-;17-;;13-;/m00.1./s1. The number of amides is 5. The third kappa shape index (κ3) is 23.4. The molecular weight excluding hydrogens is 1730 g/mol. The average molecular weight is 1880 g/mol. The summed E-state index contributed by atoms with van der Waals surface area (Å²) in [4.78, 5) is 86.8. The van der Waals surface area contributed by atoms with Gasteiger partial charge in [-0.2, -0.15) is 0 Å². The molecule has 0 unspecified atom stereocenters. The minimum Gasteiger partial charge on any atom is -0.390 e. The van der Waals surface area contributed by atoms with Crippen LogP contribution in [-0.4, -0.2) is 130 Å². The number of benzene rings is 6. The van der Waals surface area contributed by atoms with Crippen molar-refractivity contribution in [1.82, 2.24) is 47.8 Å². The molecule has 11 aromatic rings. The van der Waals surface area contributed by atoms with Crippen LogP contribution in [0.15, 0.2) is 121 Å². The van der Waals surface area contributed by atoms with Crippen molar-refractivity contribution >= 4 is 114 Å². The van der Waals surface area contributed by atoms with Crippen LogP contribution in [0.4, 0.5) is 29.7 Å². The monoisotopic (exact) mass is 1880 g/mol. The first kappa shape index (κ1) is 101. The number of anilines is 5. The third-order valence-electron chi connectivity index (χ3n) is 29.9. The molecule has 6 aromatic carbocycles. The van der Waals surface area contributed by atoms with Crippen LogP contribution in [0.5, 0.6) is 0 Å². The van der Waals surface area contributed by atoms with E-state index >= 15 is 0 Å². The van der Waals surface area contributed by atoms with Gasteiger partial charge in [0.15, 0.2) is 0 Å². The predicted octanol–water partition coefficient (Wildman–Crippen LogP) is 21.1. The van der Waals surface area contributed by atoms with E-state index in [1.165, 1.54) is 38.5 Å². The summed E-state index contributed by atoms with van der Waals surface area (Å²) in [5.41, 5.74) is 7.11. The van der Waals surface area contributed by atoms with Crippen molar-refractivity contribution in [2.75, 3.05) is 26.6 Å². The molecule has 6 heterocycles. The maximum Gasteiger partial charge on any atom is 0.230 e. The molecule has 28 heteroatoms. The number of imidazole rings is 5. The highest BCUT2D eigenvalue weighted by Crippen LogP contribution is 2.59. The Kier molecular flexibility index (Phi) is 28.8. The molecule has 12 N–H and O–H groups in total. The third-order valence-corrected chi connectivity index (χ3v) is 29.9. The fourth-order valence-electron chi connectivity index (χ4n) is 19.8. The Morgan fingerprint density at radius 3 is 0.956 bits per heavy atom. The SMILES string of the molecule is CC(C)(O)CC(=O)Nc1nc2ccc(C(C)(C)O)cc2n1C1CCC1.CC(C)(O)c1ccc2nc(NC(=O)C3CC4(CCC4)C3)n(C3CCC3)c2c1.CC(C)(O)c1ccc2nc(NC(=O)C[C@](C)(O)c3ccccc3)n(C3CCC3)c2c1.CC1(C)CCC[C@@H](CC(=O)Nc2nc3ccc(C(C)(C)O)cc3n2C2CCC2)O1.C[C@H](C(=O)Nc1nc2ccc(C(C)(C)O)cc2n1C1CCC1)C(C)(C)C. The van der Waals surface area contributed by atoms with Gasteiger partial charge in [0.1, 0.15) is 0 Å². The maximum atomic E-state index is 12.8. The second kappa shape index (κ2) is 39.1. The quantitative estimate of drug-likeness (QED) is 0.0267. The van der Waals surface area contributed by atoms with Crippen molar-refractivity contribution < 1.29 is 64.5 Å². The van der Waals surface area contributed by atoms with E-state index in [9.17, 15) is 59.7 Å². The van der Waals surface area contributed by atoms with Gasteiger partial charge in [0.05, 0.1) is 125 Å². The number of fused-ring (bicyclic) bond motifs is 5. The maximum absolute atomic E-state index is 12.8. The number of nitrogens with one attached hydrogen (secondary N) is 5. The van der Waals surface area contributed by atoms with Crippen LogP contribution in [0, 0.1) is 22.7 Å². The smallest absolute Gasteiger partial charge is 0.230 e. The van der Waals surface area contributed by atoms with E-state index in [0.717, 1.165) is 192 Å². The molecule has 5 aromatic heterocycles. The molecule has 8 aliphatic rings. The molecule has 5 amide bonds. The average Bonchev–Trinajstić information content (AvgIpc) is 1.52. The van der Waals surface area contributed by atoms with Crippen LogP contribution in [0.3, 0.4) is 0 Å². The number of aliphatic hydroxyl groups is 7. The minimum absolute atomic E-state index is 0.00362. The molecule has 0 radical (unpaired) electrons. The van der Waals surface area contributed by atoms with Crippen LogP contribution in [0.25, 0.3) is 55.2 Å². The summed E-state index contributed by atoms with van der Waals surface area (Å²) in [7, 11) is 0. The van der Waals surface area contributed by atoms with Crippen LogP contribution in [-0.2, 0) is 62.3 Å². The predicted molar refractivity (Wildman–Crippen MR) is 539 cm³/mol. The number of carbonyl (C=O) groups excluding carboxylic acids is 5. The Morgan fingerprint density at radius 1 is 0.372 bits per heavy atom. The zero-order valence-electron chi connectivity index (χ0n) is 84.1. The summed E-state index contributed by atoms with van der Waals surface area (Å²) >= 11 is 0. The van der Waals surface area contributed by atoms with Crippen molar-refractivity contribution in [2.45, 2.75) is 380 Å². The lowest BCUT2D eigenvalue weighted by atomic mass is 9.51. The summed E-state index contributed by atoms with van der Waals surface area (Å²) in [6.07, 6.45) is 26.0. The van der Waals surface area contributed by atoms with Gasteiger partial charge in [-0.3, -0.25) is 50.6 Å². The van der Waals surface area contributed by atoms with Gasteiger partial charge in [0.2, 0.25) is 59.3 Å². The molecule has 8 fully saturated rings. The van der Waals surface area contributed by atoms with Gasteiger partial charge in [-0.05, 0) is 350 Å². The fraction of sp³-hybridized carbons (Fsp3) is 0.578. The highest BCUT2D eigenvalue weighted by atomic mass is 16.5. The van der Waals surface area contributed by atoms with E-state index in [2.05, 4.69) is 94.0 Å². The highest BCUT2D eigenvalue weighted by molar-refractivity contribution is 5.97. The number of nitrogens with zero attached hydrogens (tertiary/aromatic N) is 10. The molecule has 28 nitrogen and oxygen atoms in total. The Hall–Kier alpha value is -10.3. The molecule has 738 valence electrons. The Morgan fingerprint density at radius 2 is 0.679 bits per heavy atom. The van der Waals surface area contributed by atoms with Crippen molar-refractivity contribution in [3.63, 3.8) is 0 Å². The van der Waals surface area contributed by atoms with Crippen molar-refractivity contribution in [3.8, 4) is 0 Å². The topological polar surface area (TPSA) is 385 Å². The number of aromatic nitrogens is 10. The molecule has 7 aliphatic carbocycles. The molecule has 0 bridgehead atoms. The van der Waals surface area contributed by atoms with Gasteiger partial charge in [0, 0.05) is 42.0 Å². The normalized spacial score (nSPS) is 19.0. The first-order valence-electron chi connectivity index (χ1n) is 50.1. The first-order valence-corrected chi connectivity index (χ1v) is 50.1. The molecule has 137 heavy (non-hydrogen) atoms. The van der Waals surface area contributed by atoms with Crippen LogP contribution < -0.4 is 26.6 Å². The second-order valence-corrected chi connectivity index (χ2v) is 45.8. The van der Waals surface area contributed by atoms with E-state index < -0.39 is 39.2 Å². The Balaban J connectivity index is 0.000000130. The number of hydrogen-bond donors (Lipinski definition) is 12. The molecule has 19 rings (SSSR count). The number of ether oxygens (including phenoxy) is 1. The second-order valence-electron chi connectivity index (χ2n) is 45.8. The first-order chi connectivity index (χ1) is 64.1. The summed E-state index contributed by atoms with van der Waals surface area (Å²) < 4.78 is 16.7. The van der Waals surface area contributed by atoms with Crippen molar-refractivity contribution in [3.05, 3.63) is 155 Å². The van der Waals surface area contributed by atoms with E-state index in [1.807, 2.05) is 128 Å². The molecule has 1 saturated heterocycles. The number of rotatable bonds is 24. The molecule has 1 aliphatic heterocycles. The van der Waals surface area contributed by atoms with E-state index in [-0.39, 0.29) is 77.4 Å². The summed E-state index contributed by atoms with van der Waals surface area (Å²) in [6.45, 7) is 35.0. The lowest BCUT2D eigenvalue weighted by Gasteiger charge is -2.53. The van der Waals surface area contributed by atoms with Gasteiger partial charge >= 0.3 is 0 Å². The Bertz CT molecular complexity index is 6210. The van der Waals surface area contributed by atoms with Crippen molar-refractivity contribution in [1.29, 1.82) is 0 Å². The van der Waals surface area contributed by atoms with Gasteiger partial charge in [-0.15, -0.1) is 0 Å². The molecular formula is C109H149N15O13. The van der Waals surface area contributed by atoms with Crippen LogP contribution in [0.2, 0.25) is 0 Å². The summed E-state index contributed by atoms with van der Waals surface area (Å²) in [5, 5.41) is 87.6. The minimum atomic E-state index is -1.27. The van der Waals surface area contributed by atoms with Gasteiger partial charge < -0.3 is 63.3 Å². The highest BCUT2D eigenvalue weighted by Gasteiger charge is 2.51. The lowest BCUT2D eigenvalue weighted by Crippen LogP contribution is -2.47. The molecule has 3 atom stereocenters. The lowest BCUT2D eigenvalue weighted by molar-refractivity contribution is -0.132. The number of hydrogen-bond acceptors (Lipinski definition) is 18. The van der Waals surface area contributed by atoms with E-state index in [0.29, 0.717) is 71.3 Å². The molecule has 1 spiro atoms. The van der Waals surface area contributed by atoms with Gasteiger partial charge in [-0.25, -0.2) is 24.9 Å². The zero-order valence-corrected chi connectivity index (χ0v) is 84.1. The van der Waals surface area contributed by atoms with Gasteiger partial charge in [0.25, 0.3) is 0 Å².